The van der Waals surface area contributed by atoms with Crippen LogP contribution in [0.25, 0.3) is 0 Å². The third-order valence-corrected chi connectivity index (χ3v) is 3.01. The van der Waals surface area contributed by atoms with E-state index in [1.807, 2.05) is 0 Å². The zero-order valence-corrected chi connectivity index (χ0v) is 14.4. The van der Waals surface area contributed by atoms with Crippen LogP contribution in [-0.4, -0.2) is 49.1 Å². The predicted octanol–water partition coefficient (Wildman–Crippen LogP) is -0.397. The molecule has 132 valence electrons. The molecular weight excluding hydrogens is 334 g/mol. The number of hydrogen-bond acceptors (Lipinski definition) is 4. The monoisotopic (exact) mass is 355 g/mol. The zero-order valence-electron chi connectivity index (χ0n) is 13.6. The topological polar surface area (TPSA) is 128 Å². The number of rotatable bonds is 7. The van der Waals surface area contributed by atoms with E-state index in [9.17, 15) is 14.4 Å². The van der Waals surface area contributed by atoms with Crippen LogP contribution in [0.3, 0.4) is 0 Å². The predicted molar refractivity (Wildman–Crippen MR) is 92.9 cm³/mol. The summed E-state index contributed by atoms with van der Waals surface area (Å²) in [6.07, 6.45) is -0.285. The van der Waals surface area contributed by atoms with Crippen LogP contribution in [0.4, 0.5) is 0 Å². The molecule has 24 heavy (non-hydrogen) atoms. The Balaban J connectivity index is 0.00000529. The molecule has 0 radical (unpaired) electrons. The Hall–Kier alpha value is -2.61. The number of amidine groups is 1. The van der Waals surface area contributed by atoms with E-state index in [1.165, 1.54) is 4.90 Å². The largest absolute Gasteiger partial charge is 0.384 e. The number of nitrogens with one attached hydrogen (secondary N) is 3. The lowest BCUT2D eigenvalue weighted by atomic mass is 10.1. The van der Waals surface area contributed by atoms with E-state index in [0.29, 0.717) is 12.1 Å². The number of nitrogen functional groups attached to an aromatic ring is 1. The highest BCUT2D eigenvalue weighted by Gasteiger charge is 2.12. The van der Waals surface area contributed by atoms with Gasteiger partial charge < -0.3 is 21.3 Å². The van der Waals surface area contributed by atoms with Crippen molar-refractivity contribution in [3.05, 3.63) is 35.4 Å². The number of benzene rings is 1. The van der Waals surface area contributed by atoms with Gasteiger partial charge in [0.15, 0.2) is 0 Å². The van der Waals surface area contributed by atoms with Gasteiger partial charge >= 0.3 is 0 Å². The van der Waals surface area contributed by atoms with Crippen LogP contribution >= 0.6 is 12.4 Å². The number of nitrogens with two attached hydrogens (primary N) is 1. The maximum absolute atomic E-state index is 11.6. The van der Waals surface area contributed by atoms with Gasteiger partial charge in [0.05, 0.1) is 6.54 Å². The second-order valence-electron chi connectivity index (χ2n) is 5.13. The van der Waals surface area contributed by atoms with Gasteiger partial charge in [0.25, 0.3) is 0 Å². The Morgan fingerprint density at radius 1 is 1.08 bits per heavy atom. The molecule has 8 nitrogen and oxygen atoms in total. The SMILES string of the molecule is CN(C)C(=O)CC(=O)NCC(=O)NCc1ccc(C(=N)N)cc1.Cl. The molecule has 0 spiro atoms. The minimum Gasteiger partial charge on any atom is -0.384 e. The van der Waals surface area contributed by atoms with Crippen LogP contribution in [0, 0.1) is 5.41 Å². The normalized spacial score (nSPS) is 9.42. The van der Waals surface area contributed by atoms with Crippen molar-refractivity contribution in [3.63, 3.8) is 0 Å². The van der Waals surface area contributed by atoms with Gasteiger partial charge in [-0.2, -0.15) is 0 Å². The summed E-state index contributed by atoms with van der Waals surface area (Å²) in [7, 11) is 3.11. The molecule has 0 bridgehead atoms. The molecule has 3 amide bonds. The van der Waals surface area contributed by atoms with Crippen LogP contribution in [0.2, 0.25) is 0 Å². The average Bonchev–Trinajstić information content (AvgIpc) is 2.51. The molecular formula is C15H22ClN5O3. The number of halogens is 1. The Bertz CT molecular complexity index is 602. The summed E-state index contributed by atoms with van der Waals surface area (Å²) in [4.78, 5) is 35.7. The van der Waals surface area contributed by atoms with E-state index in [-0.39, 0.29) is 43.0 Å². The van der Waals surface area contributed by atoms with Crippen molar-refractivity contribution in [3.8, 4) is 0 Å². The molecule has 0 aliphatic carbocycles. The first-order valence-corrected chi connectivity index (χ1v) is 6.96. The Kier molecular flexibility index (Phi) is 9.11. The number of amides is 3. The molecule has 0 saturated carbocycles. The van der Waals surface area contributed by atoms with Gasteiger partial charge in [0, 0.05) is 26.2 Å². The van der Waals surface area contributed by atoms with Gasteiger partial charge in [-0.25, -0.2) is 0 Å². The van der Waals surface area contributed by atoms with Crippen LogP contribution in [0.5, 0.6) is 0 Å². The van der Waals surface area contributed by atoms with Crippen LogP contribution in [-0.2, 0) is 20.9 Å². The molecule has 1 aromatic carbocycles. The van der Waals surface area contributed by atoms with E-state index >= 15 is 0 Å². The Labute approximate surface area is 146 Å². The summed E-state index contributed by atoms with van der Waals surface area (Å²) >= 11 is 0. The van der Waals surface area contributed by atoms with Crippen molar-refractivity contribution in [1.82, 2.24) is 15.5 Å². The lowest BCUT2D eigenvalue weighted by molar-refractivity contribution is -0.135. The van der Waals surface area contributed by atoms with Crippen LogP contribution in [0.1, 0.15) is 17.5 Å². The average molecular weight is 356 g/mol. The summed E-state index contributed by atoms with van der Waals surface area (Å²) in [5, 5.41) is 12.3. The van der Waals surface area contributed by atoms with E-state index in [1.54, 1.807) is 38.4 Å². The molecule has 1 rings (SSSR count). The molecule has 0 atom stereocenters. The molecule has 1 aromatic rings. The molecule has 0 unspecified atom stereocenters. The van der Waals surface area contributed by atoms with Gasteiger partial charge in [-0.15, -0.1) is 12.4 Å². The highest BCUT2D eigenvalue weighted by Crippen LogP contribution is 2.03. The molecule has 0 aromatic heterocycles. The number of nitrogens with zero attached hydrogens (tertiary/aromatic N) is 1. The van der Waals surface area contributed by atoms with Crippen LogP contribution < -0.4 is 16.4 Å². The summed E-state index contributed by atoms with van der Waals surface area (Å²) in [6.45, 7) is 0.106. The molecule has 0 fully saturated rings. The number of carbonyl (C=O) groups is 3. The van der Waals surface area contributed by atoms with Gasteiger partial charge in [0.2, 0.25) is 17.7 Å². The highest BCUT2D eigenvalue weighted by molar-refractivity contribution is 5.98. The molecule has 0 aliphatic heterocycles. The first kappa shape index (κ1) is 21.4. The first-order chi connectivity index (χ1) is 10.8. The van der Waals surface area contributed by atoms with Gasteiger partial charge in [-0.1, -0.05) is 24.3 Å². The summed E-state index contributed by atoms with van der Waals surface area (Å²) in [5.74, 6) is -1.19. The highest BCUT2D eigenvalue weighted by atomic mass is 35.5. The minimum atomic E-state index is -0.496. The standard InChI is InChI=1S/C15H21N5O3.ClH/c1-20(2)14(23)7-12(21)19-9-13(22)18-8-10-3-5-11(6-4-10)15(16)17;/h3-6H,7-9H2,1-2H3,(H3,16,17)(H,18,22)(H,19,21);1H. The van der Waals surface area contributed by atoms with E-state index in [2.05, 4.69) is 10.6 Å². The fraction of sp³-hybridized carbons (Fsp3) is 0.333. The van der Waals surface area contributed by atoms with E-state index in [4.69, 9.17) is 11.1 Å². The van der Waals surface area contributed by atoms with Crippen molar-refractivity contribution < 1.29 is 14.4 Å². The summed E-state index contributed by atoms with van der Waals surface area (Å²) < 4.78 is 0. The number of carbonyl (C=O) groups excluding carboxylic acids is 3. The van der Waals surface area contributed by atoms with Crippen molar-refractivity contribution in [2.45, 2.75) is 13.0 Å². The van der Waals surface area contributed by atoms with Crippen LogP contribution in [0.15, 0.2) is 24.3 Å². The van der Waals surface area contributed by atoms with Gasteiger partial charge in [-0.05, 0) is 5.56 Å². The van der Waals surface area contributed by atoms with Crippen molar-refractivity contribution >= 4 is 36.0 Å². The fourth-order valence-electron chi connectivity index (χ4n) is 1.60. The maximum atomic E-state index is 11.6. The second-order valence-corrected chi connectivity index (χ2v) is 5.13. The molecule has 0 heterocycles. The Morgan fingerprint density at radius 3 is 2.17 bits per heavy atom. The molecule has 5 N–H and O–H groups in total. The smallest absolute Gasteiger partial charge is 0.239 e. The third-order valence-electron chi connectivity index (χ3n) is 3.01. The zero-order chi connectivity index (χ0) is 17.4. The second kappa shape index (κ2) is 10.2. The Morgan fingerprint density at radius 2 is 1.67 bits per heavy atom. The minimum absolute atomic E-state index is 0. The summed E-state index contributed by atoms with van der Waals surface area (Å²) in [5.41, 5.74) is 6.81. The van der Waals surface area contributed by atoms with Crippen molar-refractivity contribution in [2.24, 2.45) is 5.73 Å². The van der Waals surface area contributed by atoms with Crippen molar-refractivity contribution in [2.75, 3.05) is 20.6 Å². The fourth-order valence-corrected chi connectivity index (χ4v) is 1.60. The van der Waals surface area contributed by atoms with Gasteiger partial charge in [0.1, 0.15) is 12.3 Å². The molecule has 9 heteroatoms. The lowest BCUT2D eigenvalue weighted by Gasteiger charge is -2.10. The quantitative estimate of drug-likeness (QED) is 0.301. The third kappa shape index (κ3) is 7.59. The lowest BCUT2D eigenvalue weighted by Crippen LogP contribution is -2.38. The molecule has 0 aliphatic rings. The van der Waals surface area contributed by atoms with E-state index in [0.717, 1.165) is 5.56 Å². The maximum Gasteiger partial charge on any atom is 0.239 e. The summed E-state index contributed by atoms with van der Waals surface area (Å²) in [6, 6.07) is 6.90. The molecule has 0 saturated heterocycles. The first-order valence-electron chi connectivity index (χ1n) is 6.96. The van der Waals surface area contributed by atoms with Gasteiger partial charge in [-0.3, -0.25) is 19.8 Å². The van der Waals surface area contributed by atoms with E-state index < -0.39 is 5.91 Å². The number of hydrogen-bond donors (Lipinski definition) is 4. The van der Waals surface area contributed by atoms with Crippen molar-refractivity contribution in [1.29, 1.82) is 5.41 Å².